The number of nitrogens with one attached hydrogen (secondary N) is 2. The summed E-state index contributed by atoms with van der Waals surface area (Å²) in [5, 5.41) is 17.5. The number of carbonyl (C=O) groups is 2. The van der Waals surface area contributed by atoms with E-state index >= 15 is 0 Å². The molecule has 1 unspecified atom stereocenters. The van der Waals surface area contributed by atoms with E-state index in [9.17, 15) is 14.7 Å². The molecule has 214 valence electrons. The van der Waals surface area contributed by atoms with Crippen LogP contribution in [0, 0.1) is 5.92 Å². The van der Waals surface area contributed by atoms with E-state index in [1.54, 1.807) is 6.20 Å². The Bertz CT molecular complexity index is 1030. The molecule has 0 radical (unpaired) electrons. The quantitative estimate of drug-likeness (QED) is 0.385. The standard InChI is InChI=1S/C31H47N5O3/c1-23(2)16-29(38)33-26(17-24-10-7-6-8-11-24)18-27(37)21-36-15-14-35(20-25-12-9-13-32-19-25)22-28(36)30(39)34-31(3,4)5/h6-13,19,23,26-28,37H,14-18,20-22H2,1-5H3,(H,33,38)(H,34,39)/t26?,27-,28-/m0/s1. The number of carbonyl (C=O) groups excluding carboxylic acids is 2. The molecule has 8 nitrogen and oxygen atoms in total. The highest BCUT2D eigenvalue weighted by Crippen LogP contribution is 2.17. The maximum absolute atomic E-state index is 13.4. The van der Waals surface area contributed by atoms with Crippen molar-refractivity contribution in [3.05, 3.63) is 66.0 Å². The van der Waals surface area contributed by atoms with E-state index in [1.165, 1.54) is 0 Å². The SMILES string of the molecule is CC(C)CC(=O)NC(Cc1ccccc1)C[C@H](O)CN1CCN(Cc2cccnc2)C[C@H]1C(=O)NC(C)(C)C. The minimum Gasteiger partial charge on any atom is -0.392 e. The summed E-state index contributed by atoms with van der Waals surface area (Å²) in [6, 6.07) is 13.4. The van der Waals surface area contributed by atoms with Gasteiger partial charge in [0.05, 0.1) is 6.10 Å². The highest BCUT2D eigenvalue weighted by atomic mass is 16.3. The Morgan fingerprint density at radius 2 is 1.79 bits per heavy atom. The Morgan fingerprint density at radius 3 is 2.44 bits per heavy atom. The average Bonchev–Trinajstić information content (AvgIpc) is 2.84. The van der Waals surface area contributed by atoms with Gasteiger partial charge in [-0.05, 0) is 56.7 Å². The van der Waals surface area contributed by atoms with Gasteiger partial charge in [-0.2, -0.15) is 0 Å². The third kappa shape index (κ3) is 11.1. The molecule has 2 heterocycles. The Balaban J connectivity index is 1.68. The van der Waals surface area contributed by atoms with Crippen LogP contribution in [0.15, 0.2) is 54.9 Å². The van der Waals surface area contributed by atoms with Crippen molar-refractivity contribution in [2.45, 2.75) is 84.2 Å². The molecule has 1 fully saturated rings. The lowest BCUT2D eigenvalue weighted by Gasteiger charge is -2.42. The van der Waals surface area contributed by atoms with Gasteiger partial charge in [0.25, 0.3) is 0 Å². The Morgan fingerprint density at radius 1 is 1.08 bits per heavy atom. The molecule has 3 atom stereocenters. The molecule has 0 spiro atoms. The molecule has 0 bridgehead atoms. The Hall–Kier alpha value is -2.81. The maximum Gasteiger partial charge on any atom is 0.239 e. The van der Waals surface area contributed by atoms with Crippen LogP contribution in [0.2, 0.25) is 0 Å². The summed E-state index contributed by atoms with van der Waals surface area (Å²) in [7, 11) is 0. The van der Waals surface area contributed by atoms with Gasteiger partial charge in [-0.3, -0.25) is 24.4 Å². The number of hydrogen-bond acceptors (Lipinski definition) is 6. The molecular weight excluding hydrogens is 490 g/mol. The fourth-order valence-electron chi connectivity index (χ4n) is 5.11. The molecule has 2 amide bonds. The monoisotopic (exact) mass is 537 g/mol. The number of rotatable bonds is 12. The normalized spacial score (nSPS) is 18.5. The number of amides is 2. The van der Waals surface area contributed by atoms with Crippen LogP contribution in [-0.4, -0.2) is 81.6 Å². The molecule has 0 saturated carbocycles. The van der Waals surface area contributed by atoms with Crippen molar-refractivity contribution in [2.24, 2.45) is 5.92 Å². The first-order chi connectivity index (χ1) is 18.5. The summed E-state index contributed by atoms with van der Waals surface area (Å²) in [6.07, 6.45) is 4.46. The van der Waals surface area contributed by atoms with Crippen molar-refractivity contribution in [2.75, 3.05) is 26.2 Å². The van der Waals surface area contributed by atoms with E-state index in [0.29, 0.717) is 38.9 Å². The zero-order valence-corrected chi connectivity index (χ0v) is 24.3. The second-order valence-corrected chi connectivity index (χ2v) is 12.3. The summed E-state index contributed by atoms with van der Waals surface area (Å²) >= 11 is 0. The van der Waals surface area contributed by atoms with Gasteiger partial charge >= 0.3 is 0 Å². The summed E-state index contributed by atoms with van der Waals surface area (Å²) in [4.78, 5) is 34.6. The number of aromatic nitrogens is 1. The minimum atomic E-state index is -0.687. The first kappa shape index (κ1) is 30.7. The van der Waals surface area contributed by atoms with Crippen LogP contribution >= 0.6 is 0 Å². The molecular formula is C31H47N5O3. The molecule has 3 rings (SSSR count). The summed E-state index contributed by atoms with van der Waals surface area (Å²) < 4.78 is 0. The average molecular weight is 538 g/mol. The molecule has 1 aromatic carbocycles. The van der Waals surface area contributed by atoms with Gasteiger partial charge in [-0.15, -0.1) is 0 Å². The second-order valence-electron chi connectivity index (χ2n) is 12.3. The third-order valence-corrected chi connectivity index (χ3v) is 6.79. The highest BCUT2D eigenvalue weighted by Gasteiger charge is 2.35. The Labute approximate surface area is 234 Å². The van der Waals surface area contributed by atoms with Gasteiger partial charge in [0.2, 0.25) is 11.8 Å². The van der Waals surface area contributed by atoms with Crippen LogP contribution < -0.4 is 10.6 Å². The molecule has 8 heteroatoms. The Kier molecular flexibility index (Phi) is 11.5. The lowest BCUT2D eigenvalue weighted by Crippen LogP contribution is -2.62. The van der Waals surface area contributed by atoms with E-state index in [-0.39, 0.29) is 35.4 Å². The van der Waals surface area contributed by atoms with Crippen molar-refractivity contribution < 1.29 is 14.7 Å². The zero-order chi connectivity index (χ0) is 28.4. The highest BCUT2D eigenvalue weighted by molar-refractivity contribution is 5.82. The fourth-order valence-corrected chi connectivity index (χ4v) is 5.11. The first-order valence-electron chi connectivity index (χ1n) is 14.2. The van der Waals surface area contributed by atoms with Gasteiger partial charge in [-0.1, -0.05) is 50.2 Å². The number of aliphatic hydroxyl groups is 1. The predicted molar refractivity (Wildman–Crippen MR) is 155 cm³/mol. The number of β-amino-alcohol motifs (C(OH)–C–C–N with tert-alkyl or cyclic N) is 1. The second kappa shape index (κ2) is 14.5. The predicted octanol–water partition coefficient (Wildman–Crippen LogP) is 3.01. The molecule has 1 saturated heterocycles. The maximum atomic E-state index is 13.4. The number of pyridine rings is 1. The van der Waals surface area contributed by atoms with E-state index < -0.39 is 6.10 Å². The number of hydrogen-bond donors (Lipinski definition) is 3. The van der Waals surface area contributed by atoms with Crippen molar-refractivity contribution >= 4 is 11.8 Å². The summed E-state index contributed by atoms with van der Waals surface area (Å²) in [5.41, 5.74) is 1.88. The van der Waals surface area contributed by atoms with Crippen LogP contribution in [0.4, 0.5) is 0 Å². The van der Waals surface area contributed by atoms with E-state index in [4.69, 9.17) is 0 Å². The molecule has 39 heavy (non-hydrogen) atoms. The number of aliphatic hydroxyl groups excluding tert-OH is 1. The fraction of sp³-hybridized carbons (Fsp3) is 0.581. The lowest BCUT2D eigenvalue weighted by atomic mass is 9.98. The van der Waals surface area contributed by atoms with Crippen molar-refractivity contribution in [1.29, 1.82) is 0 Å². The third-order valence-electron chi connectivity index (χ3n) is 6.79. The topological polar surface area (TPSA) is 97.8 Å². The molecule has 1 aromatic heterocycles. The van der Waals surface area contributed by atoms with Crippen molar-refractivity contribution in [3.63, 3.8) is 0 Å². The van der Waals surface area contributed by atoms with Crippen LogP contribution in [0.3, 0.4) is 0 Å². The van der Waals surface area contributed by atoms with Gasteiger partial charge < -0.3 is 15.7 Å². The smallest absolute Gasteiger partial charge is 0.239 e. The van der Waals surface area contributed by atoms with Gasteiger partial charge in [-0.25, -0.2) is 0 Å². The summed E-state index contributed by atoms with van der Waals surface area (Å²) in [6.45, 7) is 13.1. The number of piperazine rings is 1. The van der Waals surface area contributed by atoms with E-state index in [2.05, 4.69) is 25.4 Å². The molecule has 0 aliphatic carbocycles. The van der Waals surface area contributed by atoms with Crippen LogP contribution in [-0.2, 0) is 22.6 Å². The van der Waals surface area contributed by atoms with Gasteiger partial charge in [0.15, 0.2) is 0 Å². The lowest BCUT2D eigenvalue weighted by molar-refractivity contribution is -0.131. The molecule has 1 aliphatic rings. The molecule has 3 N–H and O–H groups in total. The number of benzene rings is 1. The van der Waals surface area contributed by atoms with Gasteiger partial charge in [0.1, 0.15) is 6.04 Å². The first-order valence-corrected chi connectivity index (χ1v) is 14.2. The number of nitrogens with zero attached hydrogens (tertiary/aromatic N) is 3. The van der Waals surface area contributed by atoms with Crippen LogP contribution in [0.1, 0.15) is 58.6 Å². The van der Waals surface area contributed by atoms with Crippen molar-refractivity contribution in [3.8, 4) is 0 Å². The van der Waals surface area contributed by atoms with Crippen molar-refractivity contribution in [1.82, 2.24) is 25.4 Å². The molecule has 2 aromatic rings. The van der Waals surface area contributed by atoms with Crippen LogP contribution in [0.5, 0.6) is 0 Å². The zero-order valence-electron chi connectivity index (χ0n) is 24.3. The van der Waals surface area contributed by atoms with E-state index in [0.717, 1.165) is 24.2 Å². The van der Waals surface area contributed by atoms with E-state index in [1.807, 2.05) is 83.3 Å². The van der Waals surface area contributed by atoms with Gasteiger partial charge in [0, 0.05) is 63.1 Å². The molecule has 1 aliphatic heterocycles. The van der Waals surface area contributed by atoms with Crippen LogP contribution in [0.25, 0.3) is 0 Å². The largest absolute Gasteiger partial charge is 0.392 e. The minimum absolute atomic E-state index is 0.00424. The summed E-state index contributed by atoms with van der Waals surface area (Å²) in [5.74, 6) is 0.235.